The van der Waals surface area contributed by atoms with Gasteiger partial charge in [0.05, 0.1) is 22.3 Å². The van der Waals surface area contributed by atoms with Gasteiger partial charge in [0, 0.05) is 0 Å². The van der Waals surface area contributed by atoms with E-state index in [1.807, 2.05) is 18.4 Å². The number of aryl methyl sites for hydroxylation is 1. The largest absolute Gasteiger partial charge is 0.494 e. The lowest BCUT2D eigenvalue weighted by molar-refractivity contribution is 0.409. The van der Waals surface area contributed by atoms with Gasteiger partial charge >= 0.3 is 0 Å². The summed E-state index contributed by atoms with van der Waals surface area (Å²) in [5.41, 5.74) is 0.808. The number of nitrogens with zero attached hydrogens (tertiary/aromatic N) is 4. The summed E-state index contributed by atoms with van der Waals surface area (Å²) < 4.78 is 8.05. The first-order chi connectivity index (χ1) is 10.5. The summed E-state index contributed by atoms with van der Waals surface area (Å²) in [6.07, 6.45) is 3.39. The van der Waals surface area contributed by atoms with Crippen molar-refractivity contribution < 1.29 is 4.74 Å². The smallest absolute Gasteiger partial charge is 0.296 e. The summed E-state index contributed by atoms with van der Waals surface area (Å²) in [7, 11) is 1.59. The number of methoxy groups -OCH3 is 1. The molecule has 0 atom stereocenters. The highest BCUT2D eigenvalue weighted by Gasteiger charge is 2.09. The standard InChI is InChI=1S/C13H12Br2N4O2S/c1-7-12(20)19(13(22-3)18-17-7)16-6-8-4-9(14)11(21-2)10(15)5-8/h4-6H,1-3H3/b16-6-. The summed E-state index contributed by atoms with van der Waals surface area (Å²) in [4.78, 5) is 12.1. The first-order valence-electron chi connectivity index (χ1n) is 6.05. The molecule has 0 unspecified atom stereocenters. The Balaban J connectivity index is 2.46. The first kappa shape index (κ1) is 17.2. The third-order valence-electron chi connectivity index (χ3n) is 2.70. The van der Waals surface area contributed by atoms with Crippen LogP contribution in [0.5, 0.6) is 5.75 Å². The van der Waals surface area contributed by atoms with E-state index in [1.165, 1.54) is 16.4 Å². The summed E-state index contributed by atoms with van der Waals surface area (Å²) in [6, 6.07) is 3.69. The summed E-state index contributed by atoms with van der Waals surface area (Å²) in [6.45, 7) is 1.60. The molecule has 0 aliphatic heterocycles. The zero-order valence-electron chi connectivity index (χ0n) is 12.0. The van der Waals surface area contributed by atoms with Gasteiger partial charge in [0.25, 0.3) is 5.56 Å². The summed E-state index contributed by atoms with van der Waals surface area (Å²) in [5.74, 6) is 0.695. The van der Waals surface area contributed by atoms with Crippen LogP contribution < -0.4 is 10.3 Å². The summed E-state index contributed by atoms with van der Waals surface area (Å²) in [5, 5.41) is 12.4. The number of rotatable bonds is 4. The minimum atomic E-state index is -0.290. The molecule has 0 aliphatic rings. The van der Waals surface area contributed by atoms with E-state index in [2.05, 4.69) is 47.2 Å². The van der Waals surface area contributed by atoms with Crippen molar-refractivity contribution in [2.75, 3.05) is 13.4 Å². The molecule has 0 saturated carbocycles. The SMILES string of the molecule is COc1c(Br)cc(/C=N\n2c(SC)nnc(C)c2=O)cc1Br. The van der Waals surface area contributed by atoms with Gasteiger partial charge in [0.2, 0.25) is 5.16 Å². The van der Waals surface area contributed by atoms with Gasteiger partial charge in [0.15, 0.2) is 0 Å². The van der Waals surface area contributed by atoms with E-state index in [0.29, 0.717) is 16.6 Å². The maximum atomic E-state index is 12.1. The van der Waals surface area contributed by atoms with Gasteiger partial charge in [0.1, 0.15) is 11.4 Å². The van der Waals surface area contributed by atoms with Crippen molar-refractivity contribution in [2.24, 2.45) is 5.10 Å². The minimum absolute atomic E-state index is 0.290. The first-order valence-corrected chi connectivity index (χ1v) is 8.86. The van der Waals surface area contributed by atoms with Gasteiger partial charge in [-0.2, -0.15) is 9.78 Å². The van der Waals surface area contributed by atoms with Crippen molar-refractivity contribution in [3.8, 4) is 5.75 Å². The Kier molecular flexibility index (Phi) is 5.76. The molecule has 0 radical (unpaired) electrons. The van der Waals surface area contributed by atoms with Crippen LogP contribution in [0.4, 0.5) is 0 Å². The number of halogens is 2. The van der Waals surface area contributed by atoms with E-state index in [-0.39, 0.29) is 5.56 Å². The van der Waals surface area contributed by atoms with Crippen LogP contribution in [0.3, 0.4) is 0 Å². The van der Waals surface area contributed by atoms with Crippen LogP contribution in [0, 0.1) is 6.92 Å². The summed E-state index contributed by atoms with van der Waals surface area (Å²) >= 11 is 8.16. The second kappa shape index (κ2) is 7.38. The maximum absolute atomic E-state index is 12.1. The van der Waals surface area contributed by atoms with Crippen LogP contribution in [-0.2, 0) is 0 Å². The lowest BCUT2D eigenvalue weighted by Crippen LogP contribution is -2.23. The van der Waals surface area contributed by atoms with Crippen molar-refractivity contribution in [1.82, 2.24) is 14.9 Å². The number of aromatic nitrogens is 3. The van der Waals surface area contributed by atoms with E-state index in [9.17, 15) is 4.79 Å². The molecule has 0 bridgehead atoms. The van der Waals surface area contributed by atoms with E-state index in [0.717, 1.165) is 14.5 Å². The molecule has 0 aliphatic carbocycles. The van der Waals surface area contributed by atoms with Gasteiger partial charge in [-0.05, 0) is 62.7 Å². The molecule has 2 aromatic rings. The Hall–Kier alpha value is -1.19. The van der Waals surface area contributed by atoms with Crippen LogP contribution in [0.1, 0.15) is 11.3 Å². The Morgan fingerprint density at radius 2 is 1.95 bits per heavy atom. The average molecular weight is 448 g/mol. The number of ether oxygens (including phenoxy) is 1. The number of benzene rings is 1. The second-order valence-corrected chi connectivity index (χ2v) is 6.63. The fourth-order valence-corrected chi connectivity index (χ4v) is 3.62. The monoisotopic (exact) mass is 446 g/mol. The molecule has 0 N–H and O–H groups in total. The molecule has 0 saturated heterocycles. The molecule has 1 aromatic carbocycles. The van der Waals surface area contributed by atoms with Gasteiger partial charge in [-0.15, -0.1) is 10.2 Å². The molecule has 2 rings (SSSR count). The Labute approximate surface area is 148 Å². The lowest BCUT2D eigenvalue weighted by Gasteiger charge is -2.07. The Morgan fingerprint density at radius 1 is 1.32 bits per heavy atom. The molecule has 0 spiro atoms. The minimum Gasteiger partial charge on any atom is -0.494 e. The molecule has 0 amide bonds. The molecule has 0 fully saturated rings. The van der Waals surface area contributed by atoms with E-state index >= 15 is 0 Å². The molecule has 9 heteroatoms. The van der Waals surface area contributed by atoms with E-state index in [4.69, 9.17) is 4.74 Å². The highest BCUT2D eigenvalue weighted by atomic mass is 79.9. The Bertz CT molecular complexity index is 769. The maximum Gasteiger partial charge on any atom is 0.296 e. The van der Waals surface area contributed by atoms with Crippen molar-refractivity contribution in [3.05, 3.63) is 42.7 Å². The van der Waals surface area contributed by atoms with Gasteiger partial charge in [-0.25, -0.2) is 0 Å². The molecule has 116 valence electrons. The second-order valence-electron chi connectivity index (χ2n) is 4.15. The average Bonchev–Trinajstić information content (AvgIpc) is 2.48. The van der Waals surface area contributed by atoms with Gasteiger partial charge in [-0.3, -0.25) is 4.79 Å². The zero-order chi connectivity index (χ0) is 16.3. The topological polar surface area (TPSA) is 69.4 Å². The highest BCUT2D eigenvalue weighted by molar-refractivity contribution is 9.11. The van der Waals surface area contributed by atoms with Crippen LogP contribution in [0.2, 0.25) is 0 Å². The van der Waals surface area contributed by atoms with Gasteiger partial charge in [-0.1, -0.05) is 11.8 Å². The van der Waals surface area contributed by atoms with Gasteiger partial charge < -0.3 is 4.74 Å². The molecular formula is C13H12Br2N4O2S. The van der Waals surface area contributed by atoms with E-state index < -0.39 is 0 Å². The fraction of sp³-hybridized carbons (Fsp3) is 0.231. The zero-order valence-corrected chi connectivity index (χ0v) is 16.0. The highest BCUT2D eigenvalue weighted by Crippen LogP contribution is 2.33. The van der Waals surface area contributed by atoms with E-state index in [1.54, 1.807) is 20.2 Å². The molecule has 1 heterocycles. The normalized spacial score (nSPS) is 11.1. The third-order valence-corrected chi connectivity index (χ3v) is 4.50. The molecular weight excluding hydrogens is 436 g/mol. The number of hydrogen-bond donors (Lipinski definition) is 0. The fourth-order valence-electron chi connectivity index (χ4n) is 1.65. The number of thioether (sulfide) groups is 1. The van der Waals surface area contributed by atoms with Crippen LogP contribution >= 0.6 is 43.6 Å². The van der Waals surface area contributed by atoms with Crippen LogP contribution in [0.15, 0.2) is 36.1 Å². The third kappa shape index (κ3) is 3.58. The molecule has 1 aromatic heterocycles. The molecule has 6 nitrogen and oxygen atoms in total. The van der Waals surface area contributed by atoms with Crippen molar-refractivity contribution >= 4 is 49.8 Å². The quantitative estimate of drug-likeness (QED) is 0.532. The Morgan fingerprint density at radius 3 is 2.50 bits per heavy atom. The van der Waals surface area contributed by atoms with Crippen molar-refractivity contribution in [2.45, 2.75) is 12.1 Å². The molecule has 22 heavy (non-hydrogen) atoms. The predicted octanol–water partition coefficient (Wildman–Crippen LogP) is 3.08. The number of hydrogen-bond acceptors (Lipinski definition) is 6. The van der Waals surface area contributed by atoms with Crippen LogP contribution in [0.25, 0.3) is 0 Å². The van der Waals surface area contributed by atoms with Crippen LogP contribution in [-0.4, -0.2) is 34.5 Å². The lowest BCUT2D eigenvalue weighted by atomic mass is 10.2. The van der Waals surface area contributed by atoms with Crippen molar-refractivity contribution in [3.63, 3.8) is 0 Å². The predicted molar refractivity (Wildman–Crippen MR) is 94.2 cm³/mol. The van der Waals surface area contributed by atoms with Crippen molar-refractivity contribution in [1.29, 1.82) is 0 Å².